The third-order valence-electron chi connectivity index (χ3n) is 2.83. The summed E-state index contributed by atoms with van der Waals surface area (Å²) < 4.78 is 0. The number of nitrogens with zero attached hydrogens (tertiary/aromatic N) is 4. The molecule has 0 saturated carbocycles. The monoisotopic (exact) mass is 264 g/mol. The van der Waals surface area contributed by atoms with Crippen molar-refractivity contribution in [3.05, 3.63) is 18.5 Å². The zero-order chi connectivity index (χ0) is 13.0. The standard InChI is InChI=1S/C11H12N4O2S/c16-11(17)15-5-3-14(4-6-15)10-1-2-12-7-9(10)13-8-18/h1-2,7H,3-6H2,(H,16,17). The molecule has 1 N–H and O–H groups in total. The SMILES string of the molecule is O=C(O)N1CCN(c2ccncc2N=C=S)CC1. The van der Waals surface area contributed by atoms with Crippen LogP contribution in [0.2, 0.25) is 0 Å². The molecule has 1 amide bonds. The first kappa shape index (κ1) is 12.5. The second-order valence-electron chi connectivity index (χ2n) is 3.82. The van der Waals surface area contributed by atoms with E-state index in [-0.39, 0.29) is 0 Å². The van der Waals surface area contributed by atoms with E-state index in [2.05, 4.69) is 32.3 Å². The van der Waals surface area contributed by atoms with Crippen LogP contribution in [0.1, 0.15) is 0 Å². The molecule has 1 aromatic rings. The van der Waals surface area contributed by atoms with Crippen LogP contribution in [0, 0.1) is 0 Å². The molecule has 1 aliphatic rings. The molecular weight excluding hydrogens is 252 g/mol. The second kappa shape index (κ2) is 5.57. The lowest BCUT2D eigenvalue weighted by molar-refractivity contribution is 0.142. The molecule has 1 saturated heterocycles. The van der Waals surface area contributed by atoms with E-state index in [0.717, 1.165) is 5.69 Å². The number of aliphatic imine (C=N–C) groups is 1. The number of aromatic nitrogens is 1. The van der Waals surface area contributed by atoms with Crippen LogP contribution in [0.3, 0.4) is 0 Å². The summed E-state index contributed by atoms with van der Waals surface area (Å²) in [5.41, 5.74) is 1.57. The van der Waals surface area contributed by atoms with Gasteiger partial charge in [0.15, 0.2) is 0 Å². The Morgan fingerprint density at radius 2 is 2.17 bits per heavy atom. The molecule has 7 heteroatoms. The van der Waals surface area contributed by atoms with Gasteiger partial charge in [0, 0.05) is 32.4 Å². The van der Waals surface area contributed by atoms with Crippen LogP contribution >= 0.6 is 12.2 Å². The number of rotatable bonds is 2. The van der Waals surface area contributed by atoms with E-state index in [1.165, 1.54) is 4.90 Å². The zero-order valence-corrected chi connectivity index (χ0v) is 10.4. The molecule has 0 radical (unpaired) electrons. The van der Waals surface area contributed by atoms with Crippen LogP contribution in [0.5, 0.6) is 0 Å². The van der Waals surface area contributed by atoms with Gasteiger partial charge < -0.3 is 14.9 Å². The lowest BCUT2D eigenvalue weighted by Crippen LogP contribution is -2.48. The molecule has 0 unspecified atom stereocenters. The fraction of sp³-hybridized carbons (Fsp3) is 0.364. The molecule has 0 atom stereocenters. The summed E-state index contributed by atoms with van der Waals surface area (Å²) in [5.74, 6) is 0. The zero-order valence-electron chi connectivity index (χ0n) is 9.61. The third-order valence-corrected chi connectivity index (χ3v) is 2.93. The smallest absolute Gasteiger partial charge is 0.407 e. The Hall–Kier alpha value is -1.98. The highest BCUT2D eigenvalue weighted by atomic mass is 32.1. The number of anilines is 1. The summed E-state index contributed by atoms with van der Waals surface area (Å²) in [6.07, 6.45) is 2.43. The number of carbonyl (C=O) groups is 1. The topological polar surface area (TPSA) is 69.0 Å². The summed E-state index contributed by atoms with van der Waals surface area (Å²) in [7, 11) is 0. The summed E-state index contributed by atoms with van der Waals surface area (Å²) in [4.78, 5) is 22.3. The van der Waals surface area contributed by atoms with Gasteiger partial charge in [-0.3, -0.25) is 4.98 Å². The first-order valence-corrected chi connectivity index (χ1v) is 5.88. The summed E-state index contributed by atoms with van der Waals surface area (Å²) in [6.45, 7) is 2.24. The maximum absolute atomic E-state index is 10.8. The van der Waals surface area contributed by atoms with E-state index >= 15 is 0 Å². The van der Waals surface area contributed by atoms with Gasteiger partial charge >= 0.3 is 6.09 Å². The maximum Gasteiger partial charge on any atom is 0.407 e. The number of hydrogen-bond acceptors (Lipinski definition) is 5. The molecule has 0 aromatic carbocycles. The molecule has 1 fully saturated rings. The van der Waals surface area contributed by atoms with Gasteiger partial charge in [0.2, 0.25) is 0 Å². The fourth-order valence-corrected chi connectivity index (χ4v) is 2.02. The predicted octanol–water partition coefficient (Wildman–Crippen LogP) is 1.62. The molecule has 94 valence electrons. The van der Waals surface area contributed by atoms with Crippen molar-refractivity contribution in [1.29, 1.82) is 0 Å². The van der Waals surface area contributed by atoms with Crippen molar-refractivity contribution < 1.29 is 9.90 Å². The Morgan fingerprint density at radius 3 is 2.78 bits per heavy atom. The first-order valence-electron chi connectivity index (χ1n) is 5.47. The molecule has 0 bridgehead atoms. The predicted molar refractivity (Wildman–Crippen MR) is 70.7 cm³/mol. The number of hydrogen-bond donors (Lipinski definition) is 1. The van der Waals surface area contributed by atoms with Crippen LogP contribution in [-0.2, 0) is 0 Å². The van der Waals surface area contributed by atoms with Crippen molar-refractivity contribution in [3.8, 4) is 0 Å². The molecule has 6 nitrogen and oxygen atoms in total. The lowest BCUT2D eigenvalue weighted by atomic mass is 10.2. The van der Waals surface area contributed by atoms with Gasteiger partial charge in [-0.1, -0.05) is 0 Å². The Labute approximate surface area is 110 Å². The minimum atomic E-state index is -0.874. The highest BCUT2D eigenvalue weighted by Gasteiger charge is 2.21. The van der Waals surface area contributed by atoms with Gasteiger partial charge in [-0.2, -0.15) is 4.99 Å². The molecule has 0 aliphatic carbocycles. The van der Waals surface area contributed by atoms with E-state index in [1.54, 1.807) is 12.4 Å². The number of pyridine rings is 1. The number of thiocarbonyl (C=S) groups is 1. The van der Waals surface area contributed by atoms with Crippen molar-refractivity contribution in [1.82, 2.24) is 9.88 Å². The van der Waals surface area contributed by atoms with E-state index < -0.39 is 6.09 Å². The van der Waals surface area contributed by atoms with Gasteiger partial charge in [0.25, 0.3) is 0 Å². The second-order valence-corrected chi connectivity index (χ2v) is 4.01. The number of isothiocyanates is 1. The summed E-state index contributed by atoms with van der Waals surface area (Å²) in [6, 6.07) is 1.85. The van der Waals surface area contributed by atoms with Crippen molar-refractivity contribution in [2.75, 3.05) is 31.1 Å². The fourth-order valence-electron chi connectivity index (χ4n) is 1.92. The Morgan fingerprint density at radius 1 is 1.44 bits per heavy atom. The summed E-state index contributed by atoms with van der Waals surface area (Å²) >= 11 is 4.60. The molecule has 0 spiro atoms. The first-order chi connectivity index (χ1) is 8.72. The van der Waals surface area contributed by atoms with Crippen molar-refractivity contribution in [2.24, 2.45) is 4.99 Å². The van der Waals surface area contributed by atoms with Gasteiger partial charge in [-0.15, -0.1) is 0 Å². The average Bonchev–Trinajstić information content (AvgIpc) is 2.40. The number of amides is 1. The summed E-state index contributed by atoms with van der Waals surface area (Å²) in [5, 5.41) is 11.2. The van der Waals surface area contributed by atoms with E-state index in [9.17, 15) is 4.79 Å². The van der Waals surface area contributed by atoms with Crippen LogP contribution in [0.4, 0.5) is 16.2 Å². The Bertz CT molecular complexity index is 494. The minimum absolute atomic E-state index is 0.485. The Balaban J connectivity index is 2.14. The molecule has 1 aromatic heterocycles. The molecule has 2 rings (SSSR count). The molecule has 2 heterocycles. The van der Waals surface area contributed by atoms with Gasteiger partial charge in [-0.25, -0.2) is 4.79 Å². The molecule has 18 heavy (non-hydrogen) atoms. The highest BCUT2D eigenvalue weighted by Crippen LogP contribution is 2.27. The van der Waals surface area contributed by atoms with E-state index in [0.29, 0.717) is 31.9 Å². The lowest BCUT2D eigenvalue weighted by Gasteiger charge is -2.34. The Kier molecular flexibility index (Phi) is 3.86. The molecule has 1 aliphatic heterocycles. The van der Waals surface area contributed by atoms with Gasteiger partial charge in [0.05, 0.1) is 17.0 Å². The van der Waals surface area contributed by atoms with Crippen LogP contribution < -0.4 is 4.90 Å². The van der Waals surface area contributed by atoms with Crippen molar-refractivity contribution >= 4 is 34.8 Å². The highest BCUT2D eigenvalue weighted by molar-refractivity contribution is 7.78. The van der Waals surface area contributed by atoms with Gasteiger partial charge in [0.1, 0.15) is 5.69 Å². The largest absolute Gasteiger partial charge is 0.465 e. The maximum atomic E-state index is 10.8. The van der Waals surface area contributed by atoms with Crippen LogP contribution in [0.15, 0.2) is 23.5 Å². The average molecular weight is 264 g/mol. The minimum Gasteiger partial charge on any atom is -0.465 e. The van der Waals surface area contributed by atoms with Crippen LogP contribution in [0.25, 0.3) is 0 Å². The number of piperazine rings is 1. The third kappa shape index (κ3) is 2.64. The van der Waals surface area contributed by atoms with E-state index in [4.69, 9.17) is 5.11 Å². The van der Waals surface area contributed by atoms with E-state index in [1.807, 2.05) is 6.07 Å². The number of carboxylic acid groups (broad SMARTS) is 1. The quantitative estimate of drug-likeness (QED) is 0.649. The van der Waals surface area contributed by atoms with Gasteiger partial charge in [-0.05, 0) is 18.3 Å². The normalized spacial score (nSPS) is 15.1. The van der Waals surface area contributed by atoms with Crippen molar-refractivity contribution in [2.45, 2.75) is 0 Å². The molecular formula is C11H12N4O2S. The van der Waals surface area contributed by atoms with Crippen molar-refractivity contribution in [3.63, 3.8) is 0 Å². The van der Waals surface area contributed by atoms with Crippen LogP contribution in [-0.4, -0.2) is 52.4 Å².